The van der Waals surface area contributed by atoms with Gasteiger partial charge in [0.25, 0.3) is 0 Å². The Balaban J connectivity index is 2.24. The molecule has 1 heterocycles. The first kappa shape index (κ1) is 11.2. The molecule has 1 aromatic carbocycles. The zero-order chi connectivity index (χ0) is 11.4. The van der Waals surface area contributed by atoms with E-state index in [1.54, 1.807) is 7.11 Å². The highest BCUT2D eigenvalue weighted by atomic mass is 16.5. The van der Waals surface area contributed by atoms with Crippen molar-refractivity contribution in [2.45, 2.75) is 31.8 Å². The van der Waals surface area contributed by atoms with E-state index in [-0.39, 0.29) is 6.04 Å². The van der Waals surface area contributed by atoms with Gasteiger partial charge in [0.05, 0.1) is 13.2 Å². The van der Waals surface area contributed by atoms with Gasteiger partial charge in [0.2, 0.25) is 0 Å². The molecule has 0 aliphatic carbocycles. The van der Waals surface area contributed by atoms with Crippen LogP contribution in [0.1, 0.15) is 31.4 Å². The van der Waals surface area contributed by atoms with Crippen molar-refractivity contribution in [2.24, 2.45) is 0 Å². The molecule has 0 unspecified atom stereocenters. The molecular formula is C14H19NO. The summed E-state index contributed by atoms with van der Waals surface area (Å²) >= 11 is 0. The van der Waals surface area contributed by atoms with Crippen molar-refractivity contribution in [3.63, 3.8) is 0 Å². The Bertz CT molecular complexity index is 358. The van der Waals surface area contributed by atoms with E-state index in [1.165, 1.54) is 5.56 Å². The predicted molar refractivity (Wildman–Crippen MR) is 66.1 cm³/mol. The summed E-state index contributed by atoms with van der Waals surface area (Å²) in [5.41, 5.74) is 1.27. The maximum atomic E-state index is 5.45. The van der Waals surface area contributed by atoms with Gasteiger partial charge in [-0.1, -0.05) is 37.3 Å². The second kappa shape index (κ2) is 5.17. The molecule has 1 aliphatic rings. The van der Waals surface area contributed by atoms with Crippen molar-refractivity contribution in [3.8, 4) is 0 Å². The van der Waals surface area contributed by atoms with Gasteiger partial charge in [-0.3, -0.25) is 0 Å². The summed E-state index contributed by atoms with van der Waals surface area (Å²) in [6, 6.07) is 11.2. The van der Waals surface area contributed by atoms with Gasteiger partial charge in [0.1, 0.15) is 5.76 Å². The Hall–Kier alpha value is -1.28. The van der Waals surface area contributed by atoms with Crippen LogP contribution in [0, 0.1) is 0 Å². The van der Waals surface area contributed by atoms with Gasteiger partial charge in [-0.2, -0.15) is 0 Å². The molecule has 0 spiro atoms. The highest BCUT2D eigenvalue weighted by molar-refractivity contribution is 5.27. The van der Waals surface area contributed by atoms with E-state index in [4.69, 9.17) is 4.74 Å². The number of ether oxygens (including phenoxy) is 1. The fourth-order valence-corrected chi connectivity index (χ4v) is 2.15. The SMILES string of the molecule is CC[C@H]1CC=C(OC)[C@@H](c2ccccc2)N1. The summed E-state index contributed by atoms with van der Waals surface area (Å²) in [6.45, 7) is 2.21. The Morgan fingerprint density at radius 3 is 2.69 bits per heavy atom. The third-order valence-electron chi connectivity index (χ3n) is 3.15. The first-order valence-corrected chi connectivity index (χ1v) is 5.90. The second-order valence-corrected chi connectivity index (χ2v) is 4.16. The van der Waals surface area contributed by atoms with Crippen molar-refractivity contribution >= 4 is 0 Å². The van der Waals surface area contributed by atoms with Gasteiger partial charge >= 0.3 is 0 Å². The fourth-order valence-electron chi connectivity index (χ4n) is 2.15. The van der Waals surface area contributed by atoms with Crippen molar-refractivity contribution in [3.05, 3.63) is 47.7 Å². The minimum Gasteiger partial charge on any atom is -0.499 e. The summed E-state index contributed by atoms with van der Waals surface area (Å²) < 4.78 is 5.45. The van der Waals surface area contributed by atoms with Gasteiger partial charge in [-0.15, -0.1) is 0 Å². The molecule has 0 aromatic heterocycles. The van der Waals surface area contributed by atoms with E-state index < -0.39 is 0 Å². The van der Waals surface area contributed by atoms with Crippen LogP contribution in [-0.2, 0) is 4.74 Å². The van der Waals surface area contributed by atoms with Gasteiger partial charge in [-0.25, -0.2) is 0 Å². The van der Waals surface area contributed by atoms with Gasteiger partial charge in [-0.05, 0) is 24.5 Å². The summed E-state index contributed by atoms with van der Waals surface area (Å²) in [7, 11) is 1.75. The topological polar surface area (TPSA) is 21.3 Å². The van der Waals surface area contributed by atoms with Crippen LogP contribution in [0.4, 0.5) is 0 Å². The van der Waals surface area contributed by atoms with Gasteiger partial charge in [0.15, 0.2) is 0 Å². The zero-order valence-electron chi connectivity index (χ0n) is 9.94. The molecule has 1 aromatic rings. The fraction of sp³-hybridized carbons (Fsp3) is 0.429. The average Bonchev–Trinajstić information content (AvgIpc) is 2.39. The van der Waals surface area contributed by atoms with Crippen LogP contribution < -0.4 is 5.32 Å². The molecule has 0 radical (unpaired) electrons. The first-order valence-electron chi connectivity index (χ1n) is 5.90. The number of rotatable bonds is 3. The molecule has 16 heavy (non-hydrogen) atoms. The van der Waals surface area contributed by atoms with E-state index in [1.807, 2.05) is 6.07 Å². The highest BCUT2D eigenvalue weighted by Crippen LogP contribution is 2.27. The number of methoxy groups -OCH3 is 1. The molecule has 2 heteroatoms. The minimum absolute atomic E-state index is 0.213. The van der Waals surface area contributed by atoms with Crippen LogP contribution in [0.3, 0.4) is 0 Å². The summed E-state index contributed by atoms with van der Waals surface area (Å²) in [5, 5.41) is 3.63. The lowest BCUT2D eigenvalue weighted by Crippen LogP contribution is -2.36. The van der Waals surface area contributed by atoms with Crippen molar-refractivity contribution < 1.29 is 4.74 Å². The summed E-state index contributed by atoms with van der Waals surface area (Å²) in [4.78, 5) is 0. The lowest BCUT2D eigenvalue weighted by atomic mass is 9.97. The third kappa shape index (κ3) is 2.27. The Kier molecular flexibility index (Phi) is 3.62. The van der Waals surface area contributed by atoms with E-state index in [2.05, 4.69) is 42.6 Å². The molecule has 2 rings (SSSR count). The lowest BCUT2D eigenvalue weighted by molar-refractivity contribution is 0.228. The monoisotopic (exact) mass is 217 g/mol. The van der Waals surface area contributed by atoms with Gasteiger partial charge < -0.3 is 10.1 Å². The summed E-state index contributed by atoms with van der Waals surface area (Å²) in [6.07, 6.45) is 4.42. The Morgan fingerprint density at radius 2 is 2.06 bits per heavy atom. The predicted octanol–water partition coefficient (Wildman–Crippen LogP) is 3.03. The lowest BCUT2D eigenvalue weighted by Gasteiger charge is -2.30. The molecule has 2 nitrogen and oxygen atoms in total. The highest BCUT2D eigenvalue weighted by Gasteiger charge is 2.24. The summed E-state index contributed by atoms with van der Waals surface area (Å²) in [5.74, 6) is 1.04. The molecule has 2 atom stereocenters. The zero-order valence-corrected chi connectivity index (χ0v) is 9.94. The normalized spacial score (nSPS) is 25.0. The van der Waals surface area contributed by atoms with Crippen LogP contribution in [0.5, 0.6) is 0 Å². The van der Waals surface area contributed by atoms with Crippen LogP contribution in [0.15, 0.2) is 42.2 Å². The smallest absolute Gasteiger partial charge is 0.113 e. The molecule has 0 fully saturated rings. The molecule has 1 aliphatic heterocycles. The van der Waals surface area contributed by atoms with Crippen molar-refractivity contribution in [1.29, 1.82) is 0 Å². The molecule has 86 valence electrons. The van der Waals surface area contributed by atoms with E-state index in [0.717, 1.165) is 18.6 Å². The van der Waals surface area contributed by atoms with Crippen molar-refractivity contribution in [2.75, 3.05) is 7.11 Å². The number of hydrogen-bond donors (Lipinski definition) is 1. The Morgan fingerprint density at radius 1 is 1.31 bits per heavy atom. The molecule has 0 saturated carbocycles. The first-order chi connectivity index (χ1) is 7.85. The van der Waals surface area contributed by atoms with Crippen LogP contribution in [-0.4, -0.2) is 13.2 Å². The van der Waals surface area contributed by atoms with E-state index in [9.17, 15) is 0 Å². The molecule has 1 N–H and O–H groups in total. The van der Waals surface area contributed by atoms with Crippen LogP contribution in [0.2, 0.25) is 0 Å². The quantitative estimate of drug-likeness (QED) is 0.840. The van der Waals surface area contributed by atoms with Gasteiger partial charge in [0, 0.05) is 6.04 Å². The standard InChI is InChI=1S/C14H19NO/c1-3-12-9-10-13(16-2)14(15-12)11-7-5-4-6-8-11/h4-8,10,12,14-15H,3,9H2,1-2H3/t12-,14+/m0/s1. The largest absolute Gasteiger partial charge is 0.499 e. The number of hydrogen-bond acceptors (Lipinski definition) is 2. The molecule has 0 bridgehead atoms. The number of benzene rings is 1. The molecule has 0 saturated heterocycles. The molecule has 0 amide bonds. The average molecular weight is 217 g/mol. The third-order valence-corrected chi connectivity index (χ3v) is 3.15. The maximum Gasteiger partial charge on any atom is 0.113 e. The van der Waals surface area contributed by atoms with E-state index in [0.29, 0.717) is 6.04 Å². The number of nitrogens with one attached hydrogen (secondary N) is 1. The van der Waals surface area contributed by atoms with Crippen LogP contribution in [0.25, 0.3) is 0 Å². The van der Waals surface area contributed by atoms with E-state index >= 15 is 0 Å². The Labute approximate surface area is 97.3 Å². The molecular weight excluding hydrogens is 198 g/mol. The minimum atomic E-state index is 0.213. The van der Waals surface area contributed by atoms with Crippen molar-refractivity contribution in [1.82, 2.24) is 5.32 Å². The maximum absolute atomic E-state index is 5.45. The second-order valence-electron chi connectivity index (χ2n) is 4.16. The van der Waals surface area contributed by atoms with Crippen LogP contribution >= 0.6 is 0 Å².